The number of hydrogen-bond donors (Lipinski definition) is 1. The van der Waals surface area contributed by atoms with Crippen LogP contribution in [0, 0.1) is 13.8 Å². The number of benzene rings is 2. The molecular formula is C29H32N6O3. The van der Waals surface area contributed by atoms with Gasteiger partial charge in [-0.25, -0.2) is 4.68 Å². The van der Waals surface area contributed by atoms with Gasteiger partial charge in [-0.15, -0.1) is 5.10 Å². The van der Waals surface area contributed by atoms with Crippen LogP contribution in [0.1, 0.15) is 53.2 Å². The number of furan rings is 1. The average Bonchev–Trinajstić information content (AvgIpc) is 3.61. The van der Waals surface area contributed by atoms with Crippen LogP contribution >= 0.6 is 0 Å². The fraction of sp³-hybridized carbons (Fsp3) is 0.310. The van der Waals surface area contributed by atoms with Crippen molar-refractivity contribution in [1.82, 2.24) is 30.1 Å². The maximum absolute atomic E-state index is 13.3. The van der Waals surface area contributed by atoms with E-state index in [0.717, 1.165) is 51.3 Å². The number of fused-ring (bicyclic) bond motifs is 1. The molecule has 5 aromatic rings. The van der Waals surface area contributed by atoms with Crippen LogP contribution in [0.15, 0.2) is 70.1 Å². The summed E-state index contributed by atoms with van der Waals surface area (Å²) in [6, 6.07) is 17.7. The Labute approximate surface area is 221 Å². The van der Waals surface area contributed by atoms with Crippen LogP contribution in [-0.2, 0) is 19.6 Å². The first-order valence-electron chi connectivity index (χ1n) is 12.7. The number of pyridine rings is 1. The lowest BCUT2D eigenvalue weighted by atomic mass is 10.0. The molecule has 0 amide bonds. The van der Waals surface area contributed by atoms with E-state index in [-0.39, 0.29) is 11.6 Å². The topological polar surface area (TPSA) is 102 Å². The minimum Gasteiger partial charge on any atom is -0.497 e. The first kappa shape index (κ1) is 25.4. The number of H-pyrrole nitrogens is 1. The minimum absolute atomic E-state index is 0.0871. The van der Waals surface area contributed by atoms with E-state index in [1.807, 2.05) is 49.4 Å². The number of aryl methyl sites for hydroxylation is 2. The summed E-state index contributed by atoms with van der Waals surface area (Å²) in [7, 11) is 1.66. The lowest BCUT2D eigenvalue weighted by Gasteiger charge is -2.30. The monoisotopic (exact) mass is 512 g/mol. The molecule has 0 fully saturated rings. The highest BCUT2D eigenvalue weighted by atomic mass is 16.5. The zero-order valence-electron chi connectivity index (χ0n) is 22.1. The summed E-state index contributed by atoms with van der Waals surface area (Å²) in [6.07, 6.45) is 2.39. The Balaban J connectivity index is 1.53. The molecule has 0 unspecified atom stereocenters. The van der Waals surface area contributed by atoms with E-state index >= 15 is 0 Å². The largest absolute Gasteiger partial charge is 0.497 e. The maximum atomic E-state index is 13.3. The summed E-state index contributed by atoms with van der Waals surface area (Å²) >= 11 is 0. The molecule has 3 heterocycles. The molecule has 0 bridgehead atoms. The number of aromatic nitrogens is 5. The Morgan fingerprint density at radius 2 is 1.92 bits per heavy atom. The molecule has 0 aliphatic carbocycles. The Hall–Kier alpha value is -4.24. The predicted molar refractivity (Wildman–Crippen MR) is 145 cm³/mol. The first-order chi connectivity index (χ1) is 18.5. The second-order valence-electron chi connectivity index (χ2n) is 9.55. The molecule has 0 radical (unpaired) electrons. The highest BCUT2D eigenvalue weighted by Crippen LogP contribution is 2.28. The highest BCUT2D eigenvalue weighted by molar-refractivity contribution is 5.83. The Morgan fingerprint density at radius 1 is 1.11 bits per heavy atom. The molecule has 38 heavy (non-hydrogen) atoms. The number of ether oxygens (including phenoxy) is 1. The minimum atomic E-state index is -0.142. The predicted octanol–water partition coefficient (Wildman–Crippen LogP) is 4.93. The summed E-state index contributed by atoms with van der Waals surface area (Å²) in [5.41, 5.74) is 4.82. The zero-order chi connectivity index (χ0) is 26.6. The van der Waals surface area contributed by atoms with Crippen LogP contribution in [0.25, 0.3) is 10.9 Å². The van der Waals surface area contributed by atoms with Gasteiger partial charge in [0, 0.05) is 18.7 Å². The summed E-state index contributed by atoms with van der Waals surface area (Å²) in [5.74, 6) is 2.29. The second-order valence-corrected chi connectivity index (χ2v) is 9.55. The quantitative estimate of drug-likeness (QED) is 0.283. The fourth-order valence-corrected chi connectivity index (χ4v) is 4.87. The number of hydrogen-bond acceptors (Lipinski definition) is 7. The van der Waals surface area contributed by atoms with Crippen LogP contribution in [0.2, 0.25) is 0 Å². The zero-order valence-corrected chi connectivity index (χ0v) is 22.1. The van der Waals surface area contributed by atoms with Crippen LogP contribution < -0.4 is 10.3 Å². The van der Waals surface area contributed by atoms with Crippen molar-refractivity contribution in [2.24, 2.45) is 0 Å². The number of tetrazole rings is 1. The molecule has 9 heteroatoms. The van der Waals surface area contributed by atoms with Gasteiger partial charge in [0.25, 0.3) is 5.56 Å². The molecule has 0 aliphatic heterocycles. The fourth-order valence-electron chi connectivity index (χ4n) is 4.87. The third-order valence-corrected chi connectivity index (χ3v) is 7.12. The van der Waals surface area contributed by atoms with E-state index in [1.54, 1.807) is 18.1 Å². The van der Waals surface area contributed by atoms with Crippen LogP contribution in [0.5, 0.6) is 5.75 Å². The molecule has 1 atom stereocenters. The highest BCUT2D eigenvalue weighted by Gasteiger charge is 2.26. The van der Waals surface area contributed by atoms with E-state index in [2.05, 4.69) is 51.4 Å². The van der Waals surface area contributed by atoms with E-state index in [4.69, 9.17) is 9.15 Å². The van der Waals surface area contributed by atoms with Gasteiger partial charge in [0.1, 0.15) is 18.1 Å². The SMILES string of the molecule is CC[C@@H](c1nnnn1Cc1ccco1)N(Cc1ccc(OC)cc1)Cc1cc2ccc(C)c(C)c2[nH]c1=O. The molecule has 196 valence electrons. The van der Waals surface area contributed by atoms with Crippen molar-refractivity contribution in [2.45, 2.75) is 52.9 Å². The molecule has 0 saturated heterocycles. The summed E-state index contributed by atoms with van der Waals surface area (Å²) in [6.45, 7) is 7.65. The van der Waals surface area contributed by atoms with E-state index < -0.39 is 0 Å². The molecule has 5 rings (SSSR count). The van der Waals surface area contributed by atoms with Crippen molar-refractivity contribution in [3.63, 3.8) is 0 Å². The molecule has 2 aromatic carbocycles. The van der Waals surface area contributed by atoms with Crippen molar-refractivity contribution in [3.05, 3.63) is 105 Å². The summed E-state index contributed by atoms with van der Waals surface area (Å²) in [4.78, 5) is 18.7. The Bertz CT molecular complexity index is 1570. The maximum Gasteiger partial charge on any atom is 0.252 e. The van der Waals surface area contributed by atoms with Crippen molar-refractivity contribution in [2.75, 3.05) is 7.11 Å². The van der Waals surface area contributed by atoms with E-state index in [1.165, 1.54) is 0 Å². The van der Waals surface area contributed by atoms with Crippen LogP contribution in [0.4, 0.5) is 0 Å². The van der Waals surface area contributed by atoms with Crippen LogP contribution in [-0.4, -0.2) is 37.2 Å². The smallest absolute Gasteiger partial charge is 0.252 e. The van der Waals surface area contributed by atoms with Gasteiger partial charge in [-0.2, -0.15) is 0 Å². The van der Waals surface area contributed by atoms with E-state index in [0.29, 0.717) is 25.2 Å². The van der Waals surface area contributed by atoms with Gasteiger partial charge in [0.05, 0.1) is 24.9 Å². The average molecular weight is 513 g/mol. The van der Waals surface area contributed by atoms with Gasteiger partial charge in [0.2, 0.25) is 0 Å². The number of methoxy groups -OCH3 is 1. The summed E-state index contributed by atoms with van der Waals surface area (Å²) in [5, 5.41) is 13.6. The molecule has 3 aromatic heterocycles. The van der Waals surface area contributed by atoms with Crippen LogP contribution in [0.3, 0.4) is 0 Å². The molecular weight excluding hydrogens is 480 g/mol. The van der Waals surface area contributed by atoms with Gasteiger partial charge in [-0.3, -0.25) is 9.69 Å². The summed E-state index contributed by atoms with van der Waals surface area (Å²) < 4.78 is 12.6. The molecule has 0 saturated carbocycles. The molecule has 0 spiro atoms. The van der Waals surface area contributed by atoms with Gasteiger partial charge in [0.15, 0.2) is 5.82 Å². The standard InChI is InChI=1S/C29H32N6O3/c1-5-26(28-31-32-33-35(28)18-25-7-6-14-38-25)34(16-21-9-12-24(37-4)13-10-21)17-23-15-22-11-8-19(2)20(3)27(22)30-29(23)36/h6-15,26H,5,16-18H2,1-4H3,(H,30,36)/t26-/m0/s1. The third-order valence-electron chi connectivity index (χ3n) is 7.12. The second kappa shape index (κ2) is 11.0. The molecule has 1 N–H and O–H groups in total. The Morgan fingerprint density at radius 3 is 2.63 bits per heavy atom. The van der Waals surface area contributed by atoms with Gasteiger partial charge < -0.3 is 14.1 Å². The number of rotatable bonds is 10. The van der Waals surface area contributed by atoms with Gasteiger partial charge in [-0.05, 0) is 83.1 Å². The van der Waals surface area contributed by atoms with Crippen molar-refractivity contribution < 1.29 is 9.15 Å². The van der Waals surface area contributed by atoms with Gasteiger partial charge in [-0.1, -0.05) is 31.2 Å². The Kier molecular flexibility index (Phi) is 7.37. The third kappa shape index (κ3) is 5.24. The lowest BCUT2D eigenvalue weighted by molar-refractivity contribution is 0.161. The normalized spacial score (nSPS) is 12.3. The molecule has 0 aliphatic rings. The van der Waals surface area contributed by atoms with E-state index in [9.17, 15) is 4.79 Å². The number of nitrogens with one attached hydrogen (secondary N) is 1. The number of aromatic amines is 1. The van der Waals surface area contributed by atoms with Gasteiger partial charge >= 0.3 is 0 Å². The van der Waals surface area contributed by atoms with Crippen molar-refractivity contribution >= 4 is 10.9 Å². The lowest BCUT2D eigenvalue weighted by Crippen LogP contribution is -2.32. The van der Waals surface area contributed by atoms with Crippen molar-refractivity contribution in [1.29, 1.82) is 0 Å². The first-order valence-corrected chi connectivity index (χ1v) is 12.7. The number of nitrogens with zero attached hydrogens (tertiary/aromatic N) is 5. The van der Waals surface area contributed by atoms with Crippen molar-refractivity contribution in [3.8, 4) is 5.75 Å². The molecule has 9 nitrogen and oxygen atoms in total.